The van der Waals surface area contributed by atoms with Crippen molar-refractivity contribution in [1.82, 2.24) is 0 Å². The van der Waals surface area contributed by atoms with E-state index in [2.05, 4.69) is 31.2 Å². The Balaban J connectivity index is 1.79. The molecule has 0 aliphatic carbocycles. The summed E-state index contributed by atoms with van der Waals surface area (Å²) in [5.74, 6) is -2.67. The first-order valence-electron chi connectivity index (χ1n) is 16.8. The Kier molecular flexibility index (Phi) is 20.0. The van der Waals surface area contributed by atoms with Gasteiger partial charge in [0.2, 0.25) is 0 Å². The van der Waals surface area contributed by atoms with E-state index in [0.717, 1.165) is 58.8 Å². The summed E-state index contributed by atoms with van der Waals surface area (Å²) in [5.41, 5.74) is 0.271. The summed E-state index contributed by atoms with van der Waals surface area (Å²) in [6, 6.07) is 8.15. The van der Waals surface area contributed by atoms with Gasteiger partial charge in [-0.25, -0.2) is 4.79 Å². The number of carbonyl (C=O) groups excluding carboxylic acids is 4. The first kappa shape index (κ1) is 40.6. The van der Waals surface area contributed by atoms with E-state index in [9.17, 15) is 29.4 Å². The van der Waals surface area contributed by atoms with Crippen LogP contribution < -0.4 is 0 Å². The van der Waals surface area contributed by atoms with Gasteiger partial charge in [0.25, 0.3) is 0 Å². The Labute approximate surface area is 283 Å². The number of unbranched alkanes of at least 4 members (excludes halogenated alkanes) is 6. The molecule has 0 radical (unpaired) electrons. The number of hydrogen-bond donors (Lipinski definition) is 2. The molecule has 1 fully saturated rings. The van der Waals surface area contributed by atoms with Crippen LogP contribution in [0.1, 0.15) is 95.3 Å². The van der Waals surface area contributed by atoms with E-state index in [0.29, 0.717) is 6.42 Å². The summed E-state index contributed by atoms with van der Waals surface area (Å²) >= 11 is 0. The Hall–Kier alpha value is -3.58. The molecule has 1 unspecified atom stereocenters. The summed E-state index contributed by atoms with van der Waals surface area (Å²) < 4.78 is 32.4. The molecule has 1 aromatic rings. The van der Waals surface area contributed by atoms with Crippen LogP contribution in [0.5, 0.6) is 0 Å². The number of carbonyl (C=O) groups is 4. The van der Waals surface area contributed by atoms with Crippen LogP contribution in [0.25, 0.3) is 0 Å². The van der Waals surface area contributed by atoms with Crippen molar-refractivity contribution in [3.63, 3.8) is 0 Å². The summed E-state index contributed by atoms with van der Waals surface area (Å²) in [5, 5.41) is 21.4. The van der Waals surface area contributed by atoms with Gasteiger partial charge in [0, 0.05) is 20.3 Å². The van der Waals surface area contributed by atoms with Gasteiger partial charge in [0.1, 0.15) is 31.5 Å². The lowest BCUT2D eigenvalue weighted by Crippen LogP contribution is -2.62. The highest BCUT2D eigenvalue weighted by molar-refractivity contribution is 5.89. The summed E-state index contributed by atoms with van der Waals surface area (Å²) in [6.45, 7) is 3.17. The van der Waals surface area contributed by atoms with Crippen molar-refractivity contribution >= 4 is 23.9 Å². The fourth-order valence-electron chi connectivity index (χ4n) is 4.87. The molecule has 268 valence electrons. The maximum Gasteiger partial charge on any atom is 0.338 e. The third-order valence-corrected chi connectivity index (χ3v) is 7.31. The second-order valence-corrected chi connectivity index (χ2v) is 11.6. The third-order valence-electron chi connectivity index (χ3n) is 7.31. The van der Waals surface area contributed by atoms with Crippen LogP contribution in [0.15, 0.2) is 54.6 Å². The van der Waals surface area contributed by atoms with E-state index in [1.165, 1.54) is 6.42 Å². The van der Waals surface area contributed by atoms with Crippen LogP contribution in [0.4, 0.5) is 0 Å². The third kappa shape index (κ3) is 16.5. The lowest BCUT2D eigenvalue weighted by molar-refractivity contribution is -0.309. The molecular formula is C36H52O12. The van der Waals surface area contributed by atoms with Crippen molar-refractivity contribution in [3.8, 4) is 0 Å². The smallest absolute Gasteiger partial charge is 0.338 e. The molecule has 12 heteroatoms. The number of ether oxygens (including phenoxy) is 6. The van der Waals surface area contributed by atoms with Gasteiger partial charge >= 0.3 is 23.9 Å². The van der Waals surface area contributed by atoms with E-state index in [-0.39, 0.29) is 18.6 Å². The van der Waals surface area contributed by atoms with Crippen molar-refractivity contribution in [3.05, 3.63) is 60.2 Å². The van der Waals surface area contributed by atoms with Gasteiger partial charge in [0.05, 0.1) is 12.2 Å². The SMILES string of the molecule is CCC/C=C/C/C=C/CCCCCCCC(=O)OCC(O)CO[C@@H]1O[C@H](COC(=O)c2ccccc2)[C@H](O)[C@H](OC(C)=O)[C@H]1OC(C)=O. The minimum atomic E-state index is -1.56. The molecule has 0 aromatic heterocycles. The lowest BCUT2D eigenvalue weighted by atomic mass is 9.98. The first-order valence-corrected chi connectivity index (χ1v) is 16.8. The molecule has 0 bridgehead atoms. The molecule has 2 rings (SSSR count). The molecule has 48 heavy (non-hydrogen) atoms. The van der Waals surface area contributed by atoms with Gasteiger partial charge in [-0.15, -0.1) is 0 Å². The summed E-state index contributed by atoms with van der Waals surface area (Å²) in [7, 11) is 0. The van der Waals surface area contributed by atoms with Crippen molar-refractivity contribution in [2.75, 3.05) is 19.8 Å². The standard InChI is InChI=1S/C36H52O12/c1-4-5-6-7-8-9-10-11-12-13-14-15-19-22-31(40)43-23-29(39)24-45-36-34(47-27(3)38)33(46-26(2)37)32(41)30(48-36)25-44-35(42)28-20-17-16-18-21-28/h6-7,9-10,16-18,20-21,29-30,32-34,36,39,41H,4-5,8,11-15,19,22-25H2,1-3H3/b7-6+,10-9+/t29?,30-,32+,33+,34-,36-/m1/s1. The largest absolute Gasteiger partial charge is 0.463 e. The van der Waals surface area contributed by atoms with Gasteiger partial charge in [0.15, 0.2) is 18.5 Å². The average Bonchev–Trinajstić information content (AvgIpc) is 3.06. The maximum atomic E-state index is 12.5. The van der Waals surface area contributed by atoms with Crippen LogP contribution in [-0.4, -0.2) is 90.7 Å². The van der Waals surface area contributed by atoms with Crippen molar-refractivity contribution < 1.29 is 57.8 Å². The molecule has 1 heterocycles. The fraction of sp³-hybridized carbons (Fsp3) is 0.611. The van der Waals surface area contributed by atoms with Gasteiger partial charge in [-0.05, 0) is 44.2 Å². The lowest BCUT2D eigenvalue weighted by Gasteiger charge is -2.42. The number of esters is 4. The second kappa shape index (κ2) is 23.7. The molecule has 1 aliphatic heterocycles. The molecule has 1 saturated heterocycles. The van der Waals surface area contributed by atoms with Crippen LogP contribution in [0.2, 0.25) is 0 Å². The zero-order valence-electron chi connectivity index (χ0n) is 28.3. The van der Waals surface area contributed by atoms with Gasteiger partial charge < -0.3 is 38.6 Å². The first-order chi connectivity index (χ1) is 23.1. The van der Waals surface area contributed by atoms with Crippen LogP contribution in [0, 0.1) is 0 Å². The molecule has 0 amide bonds. The predicted molar refractivity (Wildman–Crippen MR) is 176 cm³/mol. The molecule has 1 aromatic carbocycles. The van der Waals surface area contributed by atoms with Gasteiger partial charge in [-0.2, -0.15) is 0 Å². The Morgan fingerprint density at radius 1 is 0.833 bits per heavy atom. The number of aliphatic hydroxyl groups excluding tert-OH is 2. The topological polar surface area (TPSA) is 164 Å². The van der Waals surface area contributed by atoms with Crippen molar-refractivity contribution in [1.29, 1.82) is 0 Å². The molecule has 0 saturated carbocycles. The molecule has 2 N–H and O–H groups in total. The monoisotopic (exact) mass is 676 g/mol. The molecule has 0 spiro atoms. The normalized spacial score (nSPS) is 21.6. The number of benzene rings is 1. The van der Waals surface area contributed by atoms with Gasteiger partial charge in [-0.1, -0.05) is 75.1 Å². The van der Waals surface area contributed by atoms with E-state index >= 15 is 0 Å². The average molecular weight is 677 g/mol. The number of aliphatic hydroxyl groups is 2. The zero-order chi connectivity index (χ0) is 35.1. The van der Waals surface area contributed by atoms with Crippen LogP contribution in [-0.2, 0) is 42.8 Å². The Bertz CT molecular complexity index is 1150. The minimum absolute atomic E-state index is 0.225. The van der Waals surface area contributed by atoms with E-state index < -0.39 is 73.9 Å². The highest BCUT2D eigenvalue weighted by Crippen LogP contribution is 2.28. The van der Waals surface area contributed by atoms with Crippen LogP contribution >= 0.6 is 0 Å². The van der Waals surface area contributed by atoms with Crippen LogP contribution in [0.3, 0.4) is 0 Å². The Morgan fingerprint density at radius 3 is 2.17 bits per heavy atom. The van der Waals surface area contributed by atoms with Gasteiger partial charge in [-0.3, -0.25) is 14.4 Å². The van der Waals surface area contributed by atoms with Crippen molar-refractivity contribution in [2.24, 2.45) is 0 Å². The minimum Gasteiger partial charge on any atom is -0.463 e. The molecule has 6 atom stereocenters. The van der Waals surface area contributed by atoms with Crippen molar-refractivity contribution in [2.45, 2.75) is 122 Å². The highest BCUT2D eigenvalue weighted by atomic mass is 16.7. The fourth-order valence-corrected chi connectivity index (χ4v) is 4.87. The maximum absolute atomic E-state index is 12.5. The van der Waals surface area contributed by atoms with E-state index in [1.54, 1.807) is 30.3 Å². The number of allylic oxidation sites excluding steroid dienone is 4. The predicted octanol–water partition coefficient (Wildman–Crippen LogP) is 4.75. The quantitative estimate of drug-likeness (QED) is 0.0751. The highest BCUT2D eigenvalue weighted by Gasteiger charge is 2.50. The summed E-state index contributed by atoms with van der Waals surface area (Å²) in [6.07, 6.45) is 9.77. The van der Waals surface area contributed by atoms with E-state index in [1.807, 2.05) is 0 Å². The summed E-state index contributed by atoms with van der Waals surface area (Å²) in [4.78, 5) is 48.4. The second-order valence-electron chi connectivity index (χ2n) is 11.6. The molecule has 12 nitrogen and oxygen atoms in total. The van der Waals surface area contributed by atoms with E-state index in [4.69, 9.17) is 28.4 Å². The Morgan fingerprint density at radius 2 is 1.48 bits per heavy atom. The zero-order valence-corrected chi connectivity index (χ0v) is 28.3. The number of hydrogen-bond acceptors (Lipinski definition) is 12. The number of rotatable bonds is 22. The molecular weight excluding hydrogens is 624 g/mol. The molecule has 1 aliphatic rings.